The molecular weight excluding hydrogens is 552 g/mol. The number of benzene rings is 3. The smallest absolute Gasteiger partial charge is 0.161 e. The monoisotopic (exact) mass is 603 g/mol. The van der Waals surface area contributed by atoms with E-state index in [4.69, 9.17) is 23.7 Å². The number of ether oxygens (including phenoxy) is 5. The fraction of sp³-hybridized carbons (Fsp3) is 0.514. The standard InChI is InChI=1S/C37H51O5Si/c1-28(2)42-35-25-31(21-22-34(35)39-6)36(41-27-38-5)30-19-17-29(18-20-30)23-24-40-26-37(3,4)43(32-13-9-7-10-14-32)33-15-11-8-12-16-33/h7-16,21-22,25,28-30,36H,17-20,23-24,26-27H2,1-6H3. The molecule has 0 amide bonds. The summed E-state index contributed by atoms with van der Waals surface area (Å²) in [5.74, 6) is 2.63. The van der Waals surface area contributed by atoms with Crippen LogP contribution in [0.1, 0.15) is 71.5 Å². The highest BCUT2D eigenvalue weighted by Gasteiger charge is 2.35. The Bertz CT molecular complexity index is 1170. The van der Waals surface area contributed by atoms with Crippen LogP contribution in [0.15, 0.2) is 78.9 Å². The Hall–Kier alpha value is -2.64. The molecule has 0 bridgehead atoms. The van der Waals surface area contributed by atoms with Crippen LogP contribution in [-0.2, 0) is 14.2 Å². The molecule has 1 aliphatic carbocycles. The number of hydrogen-bond donors (Lipinski definition) is 0. The SMILES string of the molecule is COCOC(c1ccc(OC)c(OC(C)C)c1)C1CCC(CCOCC(C)(C)[Si](c2ccccc2)c2ccccc2)CC1. The number of hydrogen-bond acceptors (Lipinski definition) is 5. The largest absolute Gasteiger partial charge is 0.493 e. The fourth-order valence-corrected chi connectivity index (χ4v) is 9.64. The minimum Gasteiger partial charge on any atom is -0.493 e. The van der Waals surface area contributed by atoms with Crippen LogP contribution in [0.2, 0.25) is 5.04 Å². The van der Waals surface area contributed by atoms with Crippen LogP contribution in [0.25, 0.3) is 0 Å². The van der Waals surface area contributed by atoms with Gasteiger partial charge in [-0.05, 0) is 80.5 Å². The molecule has 0 heterocycles. The first-order chi connectivity index (χ1) is 20.8. The molecule has 233 valence electrons. The van der Waals surface area contributed by atoms with Crippen molar-refractivity contribution in [1.82, 2.24) is 0 Å². The quantitative estimate of drug-likeness (QED) is 0.0967. The molecule has 5 nitrogen and oxygen atoms in total. The normalized spacial score (nSPS) is 18.1. The van der Waals surface area contributed by atoms with E-state index in [2.05, 4.69) is 86.6 Å². The molecule has 0 aliphatic heterocycles. The Morgan fingerprint density at radius 2 is 1.44 bits per heavy atom. The first kappa shape index (κ1) is 33.3. The summed E-state index contributed by atoms with van der Waals surface area (Å²) in [6, 6.07) is 28.2. The van der Waals surface area contributed by atoms with E-state index in [1.54, 1.807) is 14.2 Å². The highest BCUT2D eigenvalue weighted by atomic mass is 28.3. The van der Waals surface area contributed by atoms with Gasteiger partial charge in [0.2, 0.25) is 0 Å². The first-order valence-corrected chi connectivity index (χ1v) is 17.3. The number of rotatable bonds is 16. The Morgan fingerprint density at radius 1 is 0.814 bits per heavy atom. The van der Waals surface area contributed by atoms with Crippen LogP contribution in [0.5, 0.6) is 11.5 Å². The molecule has 0 spiro atoms. The molecule has 3 aromatic carbocycles. The topological polar surface area (TPSA) is 46.2 Å². The second-order valence-corrected chi connectivity index (χ2v) is 15.9. The van der Waals surface area contributed by atoms with Gasteiger partial charge in [-0.25, -0.2) is 0 Å². The fourth-order valence-electron chi connectivity index (χ4n) is 6.45. The van der Waals surface area contributed by atoms with Crippen LogP contribution in [-0.4, -0.2) is 49.1 Å². The van der Waals surface area contributed by atoms with Crippen LogP contribution in [0.3, 0.4) is 0 Å². The molecule has 0 aromatic heterocycles. The molecule has 0 saturated heterocycles. The van der Waals surface area contributed by atoms with Gasteiger partial charge in [0.1, 0.15) is 15.6 Å². The van der Waals surface area contributed by atoms with Crippen LogP contribution >= 0.6 is 0 Å². The van der Waals surface area contributed by atoms with Gasteiger partial charge in [-0.15, -0.1) is 0 Å². The Labute approximate surface area is 261 Å². The van der Waals surface area contributed by atoms with Gasteiger partial charge in [0.25, 0.3) is 0 Å². The molecule has 1 atom stereocenters. The van der Waals surface area contributed by atoms with Crippen molar-refractivity contribution in [3.8, 4) is 11.5 Å². The van der Waals surface area contributed by atoms with E-state index in [0.717, 1.165) is 49.5 Å². The lowest BCUT2D eigenvalue weighted by molar-refractivity contribution is -0.100. The van der Waals surface area contributed by atoms with E-state index < -0.39 is 8.80 Å². The summed E-state index contributed by atoms with van der Waals surface area (Å²) in [6.07, 6.45) is 5.79. The second-order valence-electron chi connectivity index (χ2n) is 12.7. The second kappa shape index (κ2) is 16.4. The Kier molecular flexibility index (Phi) is 12.7. The summed E-state index contributed by atoms with van der Waals surface area (Å²) in [7, 11) is 2.35. The van der Waals surface area contributed by atoms with E-state index in [9.17, 15) is 0 Å². The van der Waals surface area contributed by atoms with E-state index in [0.29, 0.717) is 11.8 Å². The van der Waals surface area contributed by atoms with Crippen molar-refractivity contribution < 1.29 is 23.7 Å². The van der Waals surface area contributed by atoms with E-state index >= 15 is 0 Å². The van der Waals surface area contributed by atoms with Gasteiger partial charge < -0.3 is 23.7 Å². The average molecular weight is 604 g/mol. The minimum atomic E-state index is -1.01. The molecule has 1 saturated carbocycles. The van der Waals surface area contributed by atoms with Crippen molar-refractivity contribution in [1.29, 1.82) is 0 Å². The molecule has 3 aromatic rings. The third-order valence-corrected chi connectivity index (χ3v) is 11.8. The summed E-state index contributed by atoms with van der Waals surface area (Å²) in [6.45, 7) is 10.7. The van der Waals surface area contributed by atoms with Crippen molar-refractivity contribution >= 4 is 19.2 Å². The highest BCUT2D eigenvalue weighted by Crippen LogP contribution is 2.42. The molecule has 43 heavy (non-hydrogen) atoms. The van der Waals surface area contributed by atoms with Gasteiger partial charge in [-0.2, -0.15) is 0 Å². The third-order valence-electron chi connectivity index (χ3n) is 8.50. The molecule has 6 heteroatoms. The Morgan fingerprint density at radius 3 is 2.00 bits per heavy atom. The van der Waals surface area contributed by atoms with Crippen molar-refractivity contribution in [2.45, 2.75) is 77.0 Å². The molecule has 4 rings (SSSR count). The van der Waals surface area contributed by atoms with Crippen LogP contribution in [0, 0.1) is 11.8 Å². The molecule has 1 radical (unpaired) electrons. The van der Waals surface area contributed by atoms with E-state index in [1.807, 2.05) is 19.9 Å². The maximum absolute atomic E-state index is 6.45. The summed E-state index contributed by atoms with van der Waals surface area (Å²) >= 11 is 0. The van der Waals surface area contributed by atoms with Gasteiger partial charge in [-0.3, -0.25) is 0 Å². The highest BCUT2D eigenvalue weighted by molar-refractivity contribution is 6.87. The Balaban J connectivity index is 1.32. The third kappa shape index (κ3) is 9.42. The van der Waals surface area contributed by atoms with Gasteiger partial charge >= 0.3 is 0 Å². The van der Waals surface area contributed by atoms with Crippen LogP contribution < -0.4 is 19.8 Å². The first-order valence-electron chi connectivity index (χ1n) is 15.8. The van der Waals surface area contributed by atoms with Crippen LogP contribution in [0.4, 0.5) is 0 Å². The summed E-state index contributed by atoms with van der Waals surface area (Å²) in [5.41, 5.74) is 1.12. The van der Waals surface area contributed by atoms with E-state index in [1.165, 1.54) is 23.2 Å². The summed E-state index contributed by atoms with van der Waals surface area (Å²) in [4.78, 5) is 0. The predicted molar refractivity (Wildman–Crippen MR) is 177 cm³/mol. The zero-order valence-electron chi connectivity index (χ0n) is 27.0. The molecule has 0 N–H and O–H groups in total. The van der Waals surface area contributed by atoms with Gasteiger partial charge in [0, 0.05) is 20.3 Å². The maximum Gasteiger partial charge on any atom is 0.161 e. The molecule has 1 fully saturated rings. The molecule has 1 unspecified atom stereocenters. The van der Waals surface area contributed by atoms with Crippen molar-refractivity contribution in [3.05, 3.63) is 84.4 Å². The number of methoxy groups -OCH3 is 2. The predicted octanol–water partition coefficient (Wildman–Crippen LogP) is 7.45. The van der Waals surface area contributed by atoms with Gasteiger partial charge in [0.05, 0.1) is 19.3 Å². The van der Waals surface area contributed by atoms with E-state index in [-0.39, 0.29) is 24.0 Å². The lowest BCUT2D eigenvalue weighted by atomic mass is 9.77. The summed E-state index contributed by atoms with van der Waals surface area (Å²) in [5, 5.41) is 2.94. The lowest BCUT2D eigenvalue weighted by Crippen LogP contribution is -2.51. The van der Waals surface area contributed by atoms with Crippen molar-refractivity contribution in [3.63, 3.8) is 0 Å². The molecule has 1 aliphatic rings. The lowest BCUT2D eigenvalue weighted by Gasteiger charge is -2.35. The zero-order chi connectivity index (χ0) is 30.7. The van der Waals surface area contributed by atoms with Gasteiger partial charge in [-0.1, -0.05) is 91.0 Å². The molecular formula is C37H51O5Si. The van der Waals surface area contributed by atoms with Crippen molar-refractivity contribution in [2.75, 3.05) is 34.2 Å². The van der Waals surface area contributed by atoms with Gasteiger partial charge in [0.15, 0.2) is 11.5 Å². The maximum atomic E-state index is 6.45. The van der Waals surface area contributed by atoms with Crippen molar-refractivity contribution in [2.24, 2.45) is 11.8 Å². The summed E-state index contributed by atoms with van der Waals surface area (Å²) < 4.78 is 29.6. The average Bonchev–Trinajstić information content (AvgIpc) is 3.01. The zero-order valence-corrected chi connectivity index (χ0v) is 28.0. The minimum absolute atomic E-state index is 0.0325.